The zero-order chi connectivity index (χ0) is 23.2. The fraction of sp³-hybridized carbons (Fsp3) is 0.115. The molecule has 5 aromatic rings. The van der Waals surface area contributed by atoms with Crippen LogP contribution >= 0.6 is 0 Å². The summed E-state index contributed by atoms with van der Waals surface area (Å²) in [4.78, 5) is 15.4. The number of aromatic nitrogens is 3. The first-order valence-corrected chi connectivity index (χ1v) is 10.4. The molecule has 7 heteroatoms. The molecule has 0 bridgehead atoms. The van der Waals surface area contributed by atoms with Crippen molar-refractivity contribution in [3.8, 4) is 28.5 Å². The highest BCUT2D eigenvalue weighted by molar-refractivity contribution is 6.11. The molecule has 0 amide bonds. The molecule has 0 radical (unpaired) electrons. The van der Waals surface area contributed by atoms with Crippen molar-refractivity contribution in [2.75, 3.05) is 0 Å². The molecule has 160 valence electrons. The molecule has 0 unspecified atom stereocenters. The maximum atomic E-state index is 11.2. The van der Waals surface area contributed by atoms with Gasteiger partial charge in [-0.25, -0.2) is 0 Å². The lowest BCUT2D eigenvalue weighted by molar-refractivity contribution is -0.384. The summed E-state index contributed by atoms with van der Waals surface area (Å²) >= 11 is 0. The molecule has 33 heavy (non-hydrogen) atoms. The standard InChI is InChI=1S/C26H19N5O2/c1-26(2,15-27)19-9-6-16(7-10-19)25-24-21-13-18(17-4-3-5-20(12-17)31(32)33)8-11-22(21)28-14-23(24)29-30-25/h3-14H,1-2H3,(H,29,30). The van der Waals surface area contributed by atoms with Crippen LogP contribution in [0.3, 0.4) is 0 Å². The third-order valence-corrected chi connectivity index (χ3v) is 5.94. The number of nitrogens with one attached hydrogen (secondary N) is 1. The number of nitrogens with zero attached hydrogens (tertiary/aromatic N) is 4. The molecule has 0 saturated heterocycles. The van der Waals surface area contributed by atoms with Crippen molar-refractivity contribution in [1.29, 1.82) is 5.26 Å². The van der Waals surface area contributed by atoms with Crippen LogP contribution in [-0.2, 0) is 5.41 Å². The molecule has 0 spiro atoms. The molecule has 0 atom stereocenters. The highest BCUT2D eigenvalue weighted by Gasteiger charge is 2.20. The molecule has 2 aromatic heterocycles. The summed E-state index contributed by atoms with van der Waals surface area (Å²) in [6.45, 7) is 3.78. The lowest BCUT2D eigenvalue weighted by Gasteiger charge is -2.15. The van der Waals surface area contributed by atoms with Gasteiger partial charge in [-0.3, -0.25) is 20.2 Å². The minimum absolute atomic E-state index is 0.0494. The Kier molecular flexibility index (Phi) is 4.64. The van der Waals surface area contributed by atoms with E-state index in [0.29, 0.717) is 0 Å². The van der Waals surface area contributed by atoms with Gasteiger partial charge in [0.1, 0.15) is 5.69 Å². The number of hydrogen-bond acceptors (Lipinski definition) is 5. The van der Waals surface area contributed by atoms with E-state index in [1.54, 1.807) is 18.3 Å². The lowest BCUT2D eigenvalue weighted by Crippen LogP contribution is -2.13. The highest BCUT2D eigenvalue weighted by Crippen LogP contribution is 2.35. The van der Waals surface area contributed by atoms with Gasteiger partial charge in [-0.2, -0.15) is 10.4 Å². The van der Waals surface area contributed by atoms with Gasteiger partial charge in [0.05, 0.1) is 33.6 Å². The van der Waals surface area contributed by atoms with E-state index in [2.05, 4.69) is 21.3 Å². The summed E-state index contributed by atoms with van der Waals surface area (Å²) in [5.41, 5.74) is 5.35. The molecule has 0 aliphatic carbocycles. The number of fused-ring (bicyclic) bond motifs is 3. The molecule has 5 rings (SSSR count). The van der Waals surface area contributed by atoms with E-state index in [1.807, 2.05) is 62.4 Å². The summed E-state index contributed by atoms with van der Waals surface area (Å²) in [6, 6.07) is 22.6. The van der Waals surface area contributed by atoms with Gasteiger partial charge in [-0.05, 0) is 42.7 Å². The van der Waals surface area contributed by atoms with E-state index in [9.17, 15) is 15.4 Å². The van der Waals surface area contributed by atoms with Gasteiger partial charge < -0.3 is 0 Å². The predicted molar refractivity (Wildman–Crippen MR) is 128 cm³/mol. The molecule has 0 saturated carbocycles. The van der Waals surface area contributed by atoms with Crippen molar-refractivity contribution in [3.63, 3.8) is 0 Å². The fourth-order valence-corrected chi connectivity index (χ4v) is 4.00. The van der Waals surface area contributed by atoms with Crippen molar-refractivity contribution in [1.82, 2.24) is 15.2 Å². The lowest BCUT2D eigenvalue weighted by atomic mass is 9.86. The Morgan fingerprint density at radius 2 is 1.73 bits per heavy atom. The van der Waals surface area contributed by atoms with Gasteiger partial charge in [0.25, 0.3) is 5.69 Å². The number of H-pyrrole nitrogens is 1. The Morgan fingerprint density at radius 1 is 1.00 bits per heavy atom. The predicted octanol–water partition coefficient (Wildman–Crippen LogP) is 6.15. The Hall–Kier alpha value is -4.57. The molecule has 0 aliphatic rings. The monoisotopic (exact) mass is 433 g/mol. The molecule has 1 N–H and O–H groups in total. The molecular weight excluding hydrogens is 414 g/mol. The summed E-state index contributed by atoms with van der Waals surface area (Å²) in [6.07, 6.45) is 1.76. The topological polar surface area (TPSA) is 108 Å². The number of nitro groups is 1. The van der Waals surface area contributed by atoms with Crippen LogP contribution < -0.4 is 0 Å². The first kappa shape index (κ1) is 20.3. The number of aromatic amines is 1. The maximum absolute atomic E-state index is 11.2. The average Bonchev–Trinajstić information content (AvgIpc) is 3.28. The fourth-order valence-electron chi connectivity index (χ4n) is 4.00. The Labute approximate surface area is 189 Å². The number of benzene rings is 3. The van der Waals surface area contributed by atoms with Crippen molar-refractivity contribution in [2.24, 2.45) is 0 Å². The minimum atomic E-state index is -0.573. The number of hydrogen-bond donors (Lipinski definition) is 1. The van der Waals surface area contributed by atoms with Crippen LogP contribution in [0.2, 0.25) is 0 Å². The largest absolute Gasteiger partial charge is 0.276 e. The van der Waals surface area contributed by atoms with Crippen LogP contribution in [0.4, 0.5) is 5.69 Å². The number of nitro benzene ring substituents is 1. The SMILES string of the molecule is CC(C)(C#N)c1ccc(-c2n[nH]c3cnc4ccc(-c5cccc([N+](=O)[O-])c5)cc4c23)cc1. The molecule has 7 nitrogen and oxygen atoms in total. The normalized spacial score (nSPS) is 11.5. The van der Waals surface area contributed by atoms with Crippen LogP contribution in [0, 0.1) is 21.4 Å². The van der Waals surface area contributed by atoms with Crippen molar-refractivity contribution < 1.29 is 4.92 Å². The second-order valence-electron chi connectivity index (χ2n) is 8.47. The van der Waals surface area contributed by atoms with Crippen LogP contribution in [-0.4, -0.2) is 20.1 Å². The summed E-state index contributed by atoms with van der Waals surface area (Å²) in [5.74, 6) is 0. The number of non-ortho nitro benzene ring substituents is 1. The van der Waals surface area contributed by atoms with Gasteiger partial charge in [0.2, 0.25) is 0 Å². The Balaban J connectivity index is 1.68. The van der Waals surface area contributed by atoms with Crippen LogP contribution in [0.1, 0.15) is 19.4 Å². The van der Waals surface area contributed by atoms with E-state index in [4.69, 9.17) is 0 Å². The smallest absolute Gasteiger partial charge is 0.270 e. The number of pyridine rings is 1. The van der Waals surface area contributed by atoms with E-state index >= 15 is 0 Å². The Morgan fingerprint density at radius 3 is 2.45 bits per heavy atom. The van der Waals surface area contributed by atoms with Gasteiger partial charge in [-0.15, -0.1) is 0 Å². The second kappa shape index (κ2) is 7.53. The molecule has 0 aliphatic heterocycles. The molecule has 0 fully saturated rings. The van der Waals surface area contributed by atoms with Crippen LogP contribution in [0.25, 0.3) is 44.2 Å². The molecule has 3 aromatic carbocycles. The van der Waals surface area contributed by atoms with Crippen LogP contribution in [0.5, 0.6) is 0 Å². The Bertz CT molecular complexity index is 1580. The third kappa shape index (κ3) is 3.48. The van der Waals surface area contributed by atoms with Gasteiger partial charge in [0, 0.05) is 28.5 Å². The van der Waals surface area contributed by atoms with E-state index in [-0.39, 0.29) is 5.69 Å². The van der Waals surface area contributed by atoms with Crippen molar-refractivity contribution >= 4 is 27.5 Å². The zero-order valence-electron chi connectivity index (χ0n) is 18.0. The van der Waals surface area contributed by atoms with E-state index in [1.165, 1.54) is 6.07 Å². The molecule has 2 heterocycles. The average molecular weight is 433 g/mol. The first-order chi connectivity index (χ1) is 15.9. The maximum Gasteiger partial charge on any atom is 0.270 e. The zero-order valence-corrected chi connectivity index (χ0v) is 18.0. The first-order valence-electron chi connectivity index (χ1n) is 10.4. The van der Waals surface area contributed by atoms with Gasteiger partial charge in [0.15, 0.2) is 0 Å². The van der Waals surface area contributed by atoms with Crippen LogP contribution in [0.15, 0.2) is 72.9 Å². The van der Waals surface area contributed by atoms with E-state index in [0.717, 1.165) is 49.8 Å². The van der Waals surface area contributed by atoms with Gasteiger partial charge in [-0.1, -0.05) is 42.5 Å². The minimum Gasteiger partial charge on any atom is -0.276 e. The second-order valence-corrected chi connectivity index (χ2v) is 8.47. The summed E-state index contributed by atoms with van der Waals surface area (Å²) < 4.78 is 0. The quantitative estimate of drug-likeness (QED) is 0.270. The summed E-state index contributed by atoms with van der Waals surface area (Å²) in [5, 5.41) is 30.1. The third-order valence-electron chi connectivity index (χ3n) is 5.94. The summed E-state index contributed by atoms with van der Waals surface area (Å²) in [7, 11) is 0. The molecular formula is C26H19N5O2. The van der Waals surface area contributed by atoms with Crippen molar-refractivity contribution in [3.05, 3.63) is 88.6 Å². The number of nitriles is 1. The number of rotatable bonds is 4. The van der Waals surface area contributed by atoms with E-state index < -0.39 is 10.3 Å². The van der Waals surface area contributed by atoms with Crippen molar-refractivity contribution in [2.45, 2.75) is 19.3 Å². The highest BCUT2D eigenvalue weighted by atomic mass is 16.6. The van der Waals surface area contributed by atoms with Gasteiger partial charge >= 0.3 is 0 Å².